The second kappa shape index (κ2) is 7.53. The fraction of sp³-hybridized carbons (Fsp3) is 0.0952. The van der Waals surface area contributed by atoms with Crippen LogP contribution in [0.25, 0.3) is 11.1 Å². The van der Waals surface area contributed by atoms with Crippen molar-refractivity contribution < 1.29 is 22.7 Å². The molecule has 3 aromatic carbocycles. The van der Waals surface area contributed by atoms with E-state index in [1.807, 2.05) is 19.1 Å². The third-order valence-corrected chi connectivity index (χ3v) is 3.96. The summed E-state index contributed by atoms with van der Waals surface area (Å²) in [5, 5.41) is 2.87. The fourth-order valence-corrected chi connectivity index (χ4v) is 2.70. The number of nitrogens with one attached hydrogen (secondary N) is 1. The Morgan fingerprint density at radius 3 is 2.19 bits per heavy atom. The smallest absolute Gasteiger partial charge is 0.406 e. The summed E-state index contributed by atoms with van der Waals surface area (Å²) in [7, 11) is 0. The quantitative estimate of drug-likeness (QED) is 0.628. The van der Waals surface area contributed by atoms with Gasteiger partial charge in [0.05, 0.1) is 0 Å². The van der Waals surface area contributed by atoms with Crippen molar-refractivity contribution in [1.29, 1.82) is 0 Å². The highest BCUT2D eigenvalue weighted by Gasteiger charge is 2.31. The van der Waals surface area contributed by atoms with Crippen molar-refractivity contribution in [1.82, 2.24) is 0 Å². The van der Waals surface area contributed by atoms with Crippen molar-refractivity contribution in [3.8, 4) is 16.9 Å². The highest BCUT2D eigenvalue weighted by Crippen LogP contribution is 2.31. The molecule has 138 valence electrons. The van der Waals surface area contributed by atoms with Gasteiger partial charge in [-0.3, -0.25) is 4.79 Å². The number of hydrogen-bond acceptors (Lipinski definition) is 2. The third-order valence-electron chi connectivity index (χ3n) is 3.96. The zero-order valence-electron chi connectivity index (χ0n) is 14.4. The van der Waals surface area contributed by atoms with Crippen LogP contribution in [-0.2, 0) is 0 Å². The van der Waals surface area contributed by atoms with Crippen LogP contribution >= 0.6 is 0 Å². The van der Waals surface area contributed by atoms with Crippen LogP contribution in [0.5, 0.6) is 5.75 Å². The number of anilines is 1. The molecule has 0 fully saturated rings. The van der Waals surface area contributed by atoms with Gasteiger partial charge in [-0.25, -0.2) is 0 Å². The first-order valence-corrected chi connectivity index (χ1v) is 8.16. The maximum atomic E-state index is 12.6. The van der Waals surface area contributed by atoms with E-state index in [1.54, 1.807) is 36.4 Å². The fourth-order valence-electron chi connectivity index (χ4n) is 2.70. The van der Waals surface area contributed by atoms with Gasteiger partial charge in [-0.2, -0.15) is 0 Å². The lowest BCUT2D eigenvalue weighted by Gasteiger charge is -2.13. The monoisotopic (exact) mass is 371 g/mol. The summed E-state index contributed by atoms with van der Waals surface area (Å²) in [6.07, 6.45) is -4.74. The average Bonchev–Trinajstić information content (AvgIpc) is 2.62. The summed E-state index contributed by atoms with van der Waals surface area (Å²) in [6, 6.07) is 19.8. The van der Waals surface area contributed by atoms with Crippen LogP contribution in [0.1, 0.15) is 15.9 Å². The zero-order valence-corrected chi connectivity index (χ0v) is 14.4. The largest absolute Gasteiger partial charge is 0.573 e. The molecule has 3 nitrogen and oxygen atoms in total. The molecule has 0 bridgehead atoms. The van der Waals surface area contributed by atoms with E-state index in [1.165, 1.54) is 24.3 Å². The van der Waals surface area contributed by atoms with Crippen LogP contribution in [0.2, 0.25) is 0 Å². The molecule has 0 heterocycles. The Labute approximate surface area is 154 Å². The number of benzene rings is 3. The summed E-state index contributed by atoms with van der Waals surface area (Å²) in [5.74, 6) is -0.551. The number of ether oxygens (including phenoxy) is 1. The minimum absolute atomic E-state index is 0.252. The van der Waals surface area contributed by atoms with Crippen molar-refractivity contribution in [2.45, 2.75) is 13.3 Å². The van der Waals surface area contributed by atoms with Crippen LogP contribution in [0, 0.1) is 6.92 Å². The van der Waals surface area contributed by atoms with Crippen molar-refractivity contribution in [3.63, 3.8) is 0 Å². The van der Waals surface area contributed by atoms with Crippen LogP contribution in [0.3, 0.4) is 0 Å². The number of alkyl halides is 3. The number of halogens is 3. The number of amides is 1. The minimum atomic E-state index is -4.74. The molecule has 3 aromatic rings. The van der Waals surface area contributed by atoms with E-state index in [0.717, 1.165) is 5.56 Å². The Morgan fingerprint density at radius 2 is 1.52 bits per heavy atom. The molecule has 0 aliphatic rings. The second-order valence-corrected chi connectivity index (χ2v) is 5.89. The minimum Gasteiger partial charge on any atom is -0.406 e. The molecular weight excluding hydrogens is 355 g/mol. The summed E-state index contributed by atoms with van der Waals surface area (Å²) in [6.45, 7) is 1.85. The lowest BCUT2D eigenvalue weighted by molar-refractivity contribution is -0.274. The molecule has 0 aromatic heterocycles. The van der Waals surface area contributed by atoms with Gasteiger partial charge in [0.15, 0.2) is 0 Å². The van der Waals surface area contributed by atoms with Gasteiger partial charge in [-0.15, -0.1) is 13.2 Å². The predicted molar refractivity (Wildman–Crippen MR) is 97.7 cm³/mol. The van der Waals surface area contributed by atoms with Crippen molar-refractivity contribution in [3.05, 3.63) is 83.9 Å². The summed E-state index contributed by atoms with van der Waals surface area (Å²) >= 11 is 0. The van der Waals surface area contributed by atoms with Crippen molar-refractivity contribution >= 4 is 11.6 Å². The normalized spacial score (nSPS) is 11.1. The Bertz CT molecular complexity index is 950. The van der Waals surface area contributed by atoms with Gasteiger partial charge >= 0.3 is 6.36 Å². The maximum absolute atomic E-state index is 12.6. The number of aryl methyl sites for hydroxylation is 1. The van der Waals surface area contributed by atoms with Crippen molar-refractivity contribution in [2.75, 3.05) is 5.32 Å². The molecule has 0 saturated heterocycles. The summed E-state index contributed by atoms with van der Waals surface area (Å²) < 4.78 is 40.8. The molecule has 3 rings (SSSR count). The van der Waals surface area contributed by atoms with Crippen LogP contribution in [0.4, 0.5) is 18.9 Å². The van der Waals surface area contributed by atoms with Crippen LogP contribution in [-0.4, -0.2) is 12.3 Å². The number of hydrogen-bond donors (Lipinski definition) is 1. The number of para-hydroxylation sites is 1. The van der Waals surface area contributed by atoms with Gasteiger partial charge in [0.1, 0.15) is 5.75 Å². The Kier molecular flexibility index (Phi) is 5.16. The van der Waals surface area contributed by atoms with E-state index < -0.39 is 6.36 Å². The molecule has 0 atom stereocenters. The maximum Gasteiger partial charge on any atom is 0.573 e. The standard InChI is InChI=1S/C21H16F3NO2/c1-14-6-2-3-7-17(14)20(26)25-19-9-5-4-8-18(19)15-10-12-16(13-11-15)27-21(22,23)24/h2-13H,1H3,(H,25,26). The third kappa shape index (κ3) is 4.67. The van der Waals surface area contributed by atoms with Crippen LogP contribution < -0.4 is 10.1 Å². The number of rotatable bonds is 4. The molecule has 0 spiro atoms. The topological polar surface area (TPSA) is 38.3 Å². The van der Waals surface area contributed by atoms with E-state index in [4.69, 9.17) is 0 Å². The van der Waals surface area contributed by atoms with Gasteiger partial charge in [-0.1, -0.05) is 48.5 Å². The average molecular weight is 371 g/mol. The molecule has 0 radical (unpaired) electrons. The molecular formula is C21H16F3NO2. The molecule has 1 N–H and O–H groups in total. The molecule has 27 heavy (non-hydrogen) atoms. The highest BCUT2D eigenvalue weighted by molar-refractivity contribution is 6.07. The molecule has 6 heteroatoms. The van der Waals surface area contributed by atoms with E-state index in [0.29, 0.717) is 22.4 Å². The first-order valence-electron chi connectivity index (χ1n) is 8.16. The Hall–Kier alpha value is -3.28. The van der Waals surface area contributed by atoms with Gasteiger partial charge in [0.2, 0.25) is 0 Å². The highest BCUT2D eigenvalue weighted by atomic mass is 19.4. The first kappa shape index (κ1) is 18.5. The van der Waals surface area contributed by atoms with Crippen LogP contribution in [0.15, 0.2) is 72.8 Å². The summed E-state index contributed by atoms with van der Waals surface area (Å²) in [5.41, 5.74) is 3.32. The van der Waals surface area contributed by atoms with E-state index in [2.05, 4.69) is 10.1 Å². The van der Waals surface area contributed by atoms with E-state index in [9.17, 15) is 18.0 Å². The molecule has 0 aliphatic carbocycles. The lowest BCUT2D eigenvalue weighted by atomic mass is 10.0. The lowest BCUT2D eigenvalue weighted by Crippen LogP contribution is -2.17. The SMILES string of the molecule is Cc1ccccc1C(=O)Nc1ccccc1-c1ccc(OC(F)(F)F)cc1. The second-order valence-electron chi connectivity index (χ2n) is 5.89. The summed E-state index contributed by atoms with van der Waals surface area (Å²) in [4.78, 5) is 12.6. The van der Waals surface area contributed by atoms with E-state index >= 15 is 0 Å². The number of carbonyl (C=O) groups is 1. The van der Waals surface area contributed by atoms with Gasteiger partial charge in [0.25, 0.3) is 5.91 Å². The van der Waals surface area contributed by atoms with E-state index in [-0.39, 0.29) is 11.7 Å². The molecule has 0 unspecified atom stereocenters. The van der Waals surface area contributed by atoms with Gasteiger partial charge in [-0.05, 0) is 42.3 Å². The van der Waals surface area contributed by atoms with Gasteiger partial charge in [0, 0.05) is 16.8 Å². The zero-order chi connectivity index (χ0) is 19.4. The molecule has 1 amide bonds. The number of carbonyl (C=O) groups excluding carboxylic acids is 1. The first-order chi connectivity index (χ1) is 12.8. The Morgan fingerprint density at radius 1 is 0.889 bits per heavy atom. The van der Waals surface area contributed by atoms with Gasteiger partial charge < -0.3 is 10.1 Å². The predicted octanol–water partition coefficient (Wildman–Crippen LogP) is 5.81. The van der Waals surface area contributed by atoms with Crippen molar-refractivity contribution in [2.24, 2.45) is 0 Å². The Balaban J connectivity index is 1.86. The molecule has 0 aliphatic heterocycles. The molecule has 0 saturated carbocycles.